The predicted molar refractivity (Wildman–Crippen MR) is 68.8 cm³/mol. The fraction of sp³-hybridized carbons (Fsp3) is 0.923. The zero-order valence-electron chi connectivity index (χ0n) is 11.0. The Labute approximate surface area is 104 Å². The van der Waals surface area contributed by atoms with E-state index in [2.05, 4.69) is 22.5 Å². The lowest BCUT2D eigenvalue weighted by Gasteiger charge is -2.42. The maximum Gasteiger partial charge on any atom is 0.222 e. The highest BCUT2D eigenvalue weighted by molar-refractivity contribution is 5.78. The van der Waals surface area contributed by atoms with Gasteiger partial charge in [-0.2, -0.15) is 0 Å². The summed E-state index contributed by atoms with van der Waals surface area (Å²) in [6, 6.07) is 0.675. The number of hydrogen-bond donors (Lipinski definition) is 2. The molecule has 2 aliphatic heterocycles. The Morgan fingerprint density at radius 2 is 2.00 bits per heavy atom. The molecule has 0 spiro atoms. The fourth-order valence-corrected chi connectivity index (χ4v) is 3.16. The van der Waals surface area contributed by atoms with E-state index in [0.717, 1.165) is 44.9 Å². The van der Waals surface area contributed by atoms with Crippen molar-refractivity contribution in [3.05, 3.63) is 0 Å². The second kappa shape index (κ2) is 5.83. The third kappa shape index (κ3) is 2.99. The first-order valence-electron chi connectivity index (χ1n) is 6.88. The molecule has 0 saturated carbocycles. The Bertz CT molecular complexity index is 261. The topological polar surface area (TPSA) is 44.4 Å². The molecule has 0 bridgehead atoms. The molecule has 2 unspecified atom stereocenters. The van der Waals surface area contributed by atoms with Crippen LogP contribution in [0, 0.1) is 11.8 Å². The Morgan fingerprint density at radius 3 is 2.59 bits per heavy atom. The number of piperidine rings is 2. The van der Waals surface area contributed by atoms with Crippen molar-refractivity contribution in [2.75, 3.05) is 33.2 Å². The summed E-state index contributed by atoms with van der Waals surface area (Å²) in [6.07, 6.45) is 3.31. The van der Waals surface area contributed by atoms with Crippen molar-refractivity contribution in [1.29, 1.82) is 0 Å². The molecule has 0 aromatic carbocycles. The summed E-state index contributed by atoms with van der Waals surface area (Å²) in [5.74, 6) is 1.25. The second-order valence-corrected chi connectivity index (χ2v) is 5.46. The molecule has 2 N–H and O–H groups in total. The average molecular weight is 239 g/mol. The largest absolute Gasteiger partial charge is 0.359 e. The number of nitrogens with zero attached hydrogens (tertiary/aromatic N) is 1. The number of rotatable bonds is 2. The highest BCUT2D eigenvalue weighted by Gasteiger charge is 2.31. The lowest BCUT2D eigenvalue weighted by Crippen LogP contribution is -2.53. The maximum atomic E-state index is 11.6. The zero-order valence-corrected chi connectivity index (χ0v) is 11.0. The first-order valence-corrected chi connectivity index (χ1v) is 6.88. The van der Waals surface area contributed by atoms with Gasteiger partial charge in [0.15, 0.2) is 0 Å². The van der Waals surface area contributed by atoms with Gasteiger partial charge in [0.05, 0.1) is 0 Å². The maximum absolute atomic E-state index is 11.6. The Morgan fingerprint density at radius 1 is 1.29 bits per heavy atom. The third-order valence-corrected chi connectivity index (χ3v) is 4.40. The molecule has 2 atom stereocenters. The number of carbonyl (C=O) groups is 1. The van der Waals surface area contributed by atoms with Gasteiger partial charge in [-0.25, -0.2) is 0 Å². The van der Waals surface area contributed by atoms with Gasteiger partial charge in [0.2, 0.25) is 5.91 Å². The van der Waals surface area contributed by atoms with Crippen molar-refractivity contribution < 1.29 is 4.79 Å². The summed E-state index contributed by atoms with van der Waals surface area (Å²) in [5.41, 5.74) is 0. The van der Waals surface area contributed by atoms with Crippen LogP contribution in [0.15, 0.2) is 0 Å². The van der Waals surface area contributed by atoms with Crippen molar-refractivity contribution >= 4 is 5.91 Å². The lowest BCUT2D eigenvalue weighted by atomic mass is 9.89. The molecule has 0 aromatic rings. The Kier molecular flexibility index (Phi) is 4.40. The van der Waals surface area contributed by atoms with Crippen LogP contribution in [-0.2, 0) is 4.79 Å². The smallest absolute Gasteiger partial charge is 0.222 e. The molecule has 98 valence electrons. The van der Waals surface area contributed by atoms with E-state index >= 15 is 0 Å². The molecule has 2 aliphatic rings. The summed E-state index contributed by atoms with van der Waals surface area (Å²) in [7, 11) is 1.74. The summed E-state index contributed by atoms with van der Waals surface area (Å²) < 4.78 is 0. The molecule has 17 heavy (non-hydrogen) atoms. The van der Waals surface area contributed by atoms with Crippen LogP contribution in [0.1, 0.15) is 26.2 Å². The number of carbonyl (C=O) groups excluding carboxylic acids is 1. The molecule has 0 radical (unpaired) electrons. The molecule has 2 saturated heterocycles. The van der Waals surface area contributed by atoms with Gasteiger partial charge in [0.25, 0.3) is 0 Å². The second-order valence-electron chi connectivity index (χ2n) is 5.46. The van der Waals surface area contributed by atoms with Crippen molar-refractivity contribution in [3.8, 4) is 0 Å². The third-order valence-electron chi connectivity index (χ3n) is 4.40. The van der Waals surface area contributed by atoms with Crippen molar-refractivity contribution in [2.45, 2.75) is 32.2 Å². The molecule has 4 nitrogen and oxygen atoms in total. The number of nitrogens with one attached hydrogen (secondary N) is 2. The Balaban J connectivity index is 1.83. The molecule has 2 fully saturated rings. The van der Waals surface area contributed by atoms with Gasteiger partial charge in [0, 0.05) is 25.6 Å². The molecule has 4 heteroatoms. The van der Waals surface area contributed by atoms with Gasteiger partial charge in [0.1, 0.15) is 0 Å². The molecule has 2 heterocycles. The summed E-state index contributed by atoms with van der Waals surface area (Å²) >= 11 is 0. The monoisotopic (exact) mass is 239 g/mol. The number of amides is 1. The van der Waals surface area contributed by atoms with Gasteiger partial charge in [-0.05, 0) is 44.8 Å². The van der Waals surface area contributed by atoms with E-state index in [9.17, 15) is 4.79 Å². The molecular weight excluding hydrogens is 214 g/mol. The summed E-state index contributed by atoms with van der Waals surface area (Å²) in [6.45, 7) is 6.79. The molecular formula is C13H25N3O. The van der Waals surface area contributed by atoms with E-state index in [1.54, 1.807) is 7.05 Å². The van der Waals surface area contributed by atoms with E-state index in [4.69, 9.17) is 0 Å². The number of likely N-dealkylation sites (tertiary alicyclic amines) is 1. The molecule has 0 aromatic heterocycles. The lowest BCUT2D eigenvalue weighted by molar-refractivity contribution is -0.126. The van der Waals surface area contributed by atoms with E-state index in [0.29, 0.717) is 6.04 Å². The van der Waals surface area contributed by atoms with Gasteiger partial charge < -0.3 is 10.6 Å². The fourth-order valence-electron chi connectivity index (χ4n) is 3.16. The summed E-state index contributed by atoms with van der Waals surface area (Å²) in [4.78, 5) is 14.2. The Hall–Kier alpha value is -0.610. The minimum atomic E-state index is 0.222. The average Bonchev–Trinajstić information content (AvgIpc) is 2.39. The number of hydrogen-bond acceptors (Lipinski definition) is 3. The molecule has 1 amide bonds. The van der Waals surface area contributed by atoms with Crippen LogP contribution < -0.4 is 10.6 Å². The first-order chi connectivity index (χ1) is 8.22. The van der Waals surface area contributed by atoms with Crippen molar-refractivity contribution in [1.82, 2.24) is 15.5 Å². The SMILES string of the molecule is CNC(=O)C1CCN(C2CNCCC2C)CC1. The van der Waals surface area contributed by atoms with Crippen LogP contribution in [0.2, 0.25) is 0 Å². The van der Waals surface area contributed by atoms with E-state index in [1.807, 2.05) is 0 Å². The highest BCUT2D eigenvalue weighted by atomic mass is 16.1. The van der Waals surface area contributed by atoms with Gasteiger partial charge in [-0.1, -0.05) is 6.92 Å². The standard InChI is InChI=1S/C13H25N3O/c1-10-3-6-15-9-12(10)16-7-4-11(5-8-16)13(17)14-2/h10-12,15H,3-9H2,1-2H3,(H,14,17). The minimum Gasteiger partial charge on any atom is -0.359 e. The highest BCUT2D eigenvalue weighted by Crippen LogP contribution is 2.24. The van der Waals surface area contributed by atoms with Gasteiger partial charge >= 0.3 is 0 Å². The van der Waals surface area contributed by atoms with E-state index in [1.165, 1.54) is 6.42 Å². The minimum absolute atomic E-state index is 0.222. The van der Waals surface area contributed by atoms with E-state index in [-0.39, 0.29) is 11.8 Å². The normalized spacial score (nSPS) is 32.4. The van der Waals surface area contributed by atoms with Gasteiger partial charge in [-0.15, -0.1) is 0 Å². The zero-order chi connectivity index (χ0) is 12.3. The summed E-state index contributed by atoms with van der Waals surface area (Å²) in [5, 5.41) is 6.25. The molecule has 0 aliphatic carbocycles. The quantitative estimate of drug-likeness (QED) is 0.735. The van der Waals surface area contributed by atoms with Crippen LogP contribution in [0.3, 0.4) is 0 Å². The molecule has 2 rings (SSSR count). The van der Waals surface area contributed by atoms with E-state index < -0.39 is 0 Å². The van der Waals surface area contributed by atoms with Crippen LogP contribution in [0.4, 0.5) is 0 Å². The van der Waals surface area contributed by atoms with Crippen LogP contribution in [0.25, 0.3) is 0 Å². The van der Waals surface area contributed by atoms with Gasteiger partial charge in [-0.3, -0.25) is 9.69 Å². The van der Waals surface area contributed by atoms with Crippen LogP contribution in [0.5, 0.6) is 0 Å². The van der Waals surface area contributed by atoms with Crippen molar-refractivity contribution in [3.63, 3.8) is 0 Å². The van der Waals surface area contributed by atoms with Crippen LogP contribution in [-0.4, -0.2) is 50.1 Å². The first kappa shape index (κ1) is 12.8. The van der Waals surface area contributed by atoms with Crippen molar-refractivity contribution in [2.24, 2.45) is 11.8 Å². The van der Waals surface area contributed by atoms with Crippen LogP contribution >= 0.6 is 0 Å². The predicted octanol–water partition coefficient (Wildman–Crippen LogP) is 0.442.